The Morgan fingerprint density at radius 3 is 3.05 bits per heavy atom. The van der Waals surface area contributed by atoms with E-state index in [2.05, 4.69) is 16.8 Å². The van der Waals surface area contributed by atoms with Crippen LogP contribution < -0.4 is 5.32 Å². The second-order valence-corrected chi connectivity index (χ2v) is 6.78. The average Bonchev–Trinajstić information content (AvgIpc) is 2.99. The van der Waals surface area contributed by atoms with E-state index in [1.54, 1.807) is 0 Å². The second kappa shape index (κ2) is 5.88. The highest BCUT2D eigenvalue weighted by Crippen LogP contribution is 2.46. The Bertz CT molecular complexity index is 381. The van der Waals surface area contributed by atoms with Gasteiger partial charge in [-0.3, -0.25) is 9.69 Å². The molecule has 3 atom stereocenters. The summed E-state index contributed by atoms with van der Waals surface area (Å²) < 4.78 is 0. The van der Waals surface area contributed by atoms with Crippen LogP contribution in [-0.2, 0) is 4.79 Å². The van der Waals surface area contributed by atoms with E-state index in [0.717, 1.165) is 19.4 Å². The predicted molar refractivity (Wildman–Crippen MR) is 81.2 cm³/mol. The number of piperidine rings is 1. The molecule has 1 saturated carbocycles. The number of unbranched alkanes of at least 4 members (excludes halogenated alkanes) is 2. The Morgan fingerprint density at radius 1 is 1.30 bits per heavy atom. The van der Waals surface area contributed by atoms with Crippen molar-refractivity contribution in [1.29, 1.82) is 0 Å². The smallest absolute Gasteiger partial charge is 0.238 e. The van der Waals surface area contributed by atoms with Crippen LogP contribution in [0.5, 0.6) is 0 Å². The van der Waals surface area contributed by atoms with Crippen molar-refractivity contribution in [3.05, 3.63) is 12.7 Å². The Kier molecular flexibility index (Phi) is 4.16. The molecule has 112 valence electrons. The number of fused-ring (bicyclic) bond motifs is 2. The van der Waals surface area contributed by atoms with Crippen molar-refractivity contribution in [3.8, 4) is 0 Å². The number of allylic oxidation sites excluding steroid dienone is 1. The second-order valence-electron chi connectivity index (χ2n) is 6.78. The van der Waals surface area contributed by atoms with Crippen LogP contribution in [-0.4, -0.2) is 29.1 Å². The van der Waals surface area contributed by atoms with Gasteiger partial charge < -0.3 is 5.32 Å². The lowest BCUT2D eigenvalue weighted by molar-refractivity contribution is -0.122. The number of amides is 1. The van der Waals surface area contributed by atoms with Gasteiger partial charge in [0.2, 0.25) is 5.91 Å². The van der Waals surface area contributed by atoms with E-state index in [9.17, 15) is 4.79 Å². The number of carbonyl (C=O) groups excluding carboxylic acids is 1. The summed E-state index contributed by atoms with van der Waals surface area (Å²) in [6, 6.07) is 0.178. The lowest BCUT2D eigenvalue weighted by Gasteiger charge is -2.43. The Hall–Kier alpha value is -0.830. The van der Waals surface area contributed by atoms with Crippen LogP contribution in [0, 0.1) is 5.92 Å². The van der Waals surface area contributed by atoms with E-state index in [-0.39, 0.29) is 11.7 Å². The van der Waals surface area contributed by atoms with E-state index >= 15 is 0 Å². The molecule has 2 saturated heterocycles. The summed E-state index contributed by atoms with van der Waals surface area (Å²) in [7, 11) is 0. The topological polar surface area (TPSA) is 32.3 Å². The molecule has 0 aromatic heterocycles. The largest absolute Gasteiger partial charge is 0.336 e. The van der Waals surface area contributed by atoms with Crippen molar-refractivity contribution in [1.82, 2.24) is 10.2 Å². The minimum absolute atomic E-state index is 0.0242. The van der Waals surface area contributed by atoms with Gasteiger partial charge in [-0.2, -0.15) is 0 Å². The molecular weight excluding hydrogens is 248 g/mol. The molecule has 0 bridgehead atoms. The van der Waals surface area contributed by atoms with Gasteiger partial charge >= 0.3 is 0 Å². The quantitative estimate of drug-likeness (QED) is 0.618. The van der Waals surface area contributed by atoms with Gasteiger partial charge in [-0.1, -0.05) is 18.9 Å². The van der Waals surface area contributed by atoms with Crippen molar-refractivity contribution in [2.45, 2.75) is 75.9 Å². The molecule has 3 nitrogen and oxygen atoms in total. The van der Waals surface area contributed by atoms with Crippen LogP contribution in [0.2, 0.25) is 0 Å². The highest BCUT2D eigenvalue weighted by Gasteiger charge is 2.56. The van der Waals surface area contributed by atoms with Crippen LogP contribution in [0.15, 0.2) is 12.7 Å². The Balaban J connectivity index is 1.69. The van der Waals surface area contributed by atoms with E-state index in [1.165, 1.54) is 51.4 Å². The fraction of sp³-hybridized carbons (Fsp3) is 0.824. The van der Waals surface area contributed by atoms with Crippen molar-refractivity contribution in [2.75, 3.05) is 6.54 Å². The molecule has 20 heavy (non-hydrogen) atoms. The molecule has 0 radical (unpaired) electrons. The maximum atomic E-state index is 12.3. The molecule has 1 N–H and O–H groups in total. The molecule has 0 aromatic carbocycles. The summed E-state index contributed by atoms with van der Waals surface area (Å²) in [6.45, 7) is 4.92. The van der Waals surface area contributed by atoms with Gasteiger partial charge in [-0.15, -0.1) is 6.58 Å². The normalized spacial score (nSPS) is 37.1. The molecule has 3 heteroatoms. The van der Waals surface area contributed by atoms with Gasteiger partial charge in [0.1, 0.15) is 0 Å². The molecule has 0 aromatic rings. The van der Waals surface area contributed by atoms with Gasteiger partial charge in [0.25, 0.3) is 0 Å². The Morgan fingerprint density at radius 2 is 2.20 bits per heavy atom. The molecule has 1 spiro atoms. The average molecular weight is 276 g/mol. The third-order valence-corrected chi connectivity index (χ3v) is 5.65. The fourth-order valence-electron chi connectivity index (χ4n) is 4.72. The maximum absolute atomic E-state index is 12.3. The maximum Gasteiger partial charge on any atom is 0.238 e. The zero-order chi connectivity index (χ0) is 14.0. The molecular formula is C17H28N2O. The van der Waals surface area contributed by atoms with Crippen molar-refractivity contribution in [3.63, 3.8) is 0 Å². The zero-order valence-electron chi connectivity index (χ0n) is 12.6. The molecule has 3 rings (SSSR count). The summed E-state index contributed by atoms with van der Waals surface area (Å²) in [4.78, 5) is 14.9. The summed E-state index contributed by atoms with van der Waals surface area (Å²) in [6.07, 6.45) is 14.2. The number of hydrogen-bond acceptors (Lipinski definition) is 2. The predicted octanol–water partition coefficient (Wildman–Crippen LogP) is 3.21. The summed E-state index contributed by atoms with van der Waals surface area (Å²) in [5, 5.41) is 3.43. The summed E-state index contributed by atoms with van der Waals surface area (Å²) in [5.74, 6) is 0.974. The van der Waals surface area contributed by atoms with E-state index in [0.29, 0.717) is 11.8 Å². The molecule has 3 fully saturated rings. The minimum Gasteiger partial charge on any atom is -0.336 e. The fourth-order valence-corrected chi connectivity index (χ4v) is 4.72. The van der Waals surface area contributed by atoms with Crippen molar-refractivity contribution < 1.29 is 4.79 Å². The van der Waals surface area contributed by atoms with Crippen molar-refractivity contribution in [2.24, 2.45) is 5.92 Å². The van der Waals surface area contributed by atoms with Crippen LogP contribution in [0.4, 0.5) is 0 Å². The highest BCUT2D eigenvalue weighted by atomic mass is 16.2. The van der Waals surface area contributed by atoms with E-state index in [1.807, 2.05) is 6.08 Å². The Labute approximate surface area is 122 Å². The standard InChI is InChI=1S/C17H28N2O/c1-2-3-4-5-9-14-10-8-12-17(14)18-16(20)15-11-6-7-13-19(15)17/h2,14-15H,1,3-13H2,(H,18,20). The lowest BCUT2D eigenvalue weighted by atomic mass is 9.88. The first-order chi connectivity index (χ1) is 9.78. The number of hydrogen-bond donors (Lipinski definition) is 1. The van der Waals surface area contributed by atoms with Crippen LogP contribution in [0.3, 0.4) is 0 Å². The summed E-state index contributed by atoms with van der Waals surface area (Å²) in [5.41, 5.74) is 0.0242. The van der Waals surface area contributed by atoms with E-state index < -0.39 is 0 Å². The first kappa shape index (κ1) is 14.1. The van der Waals surface area contributed by atoms with Gasteiger partial charge in [0.05, 0.1) is 11.7 Å². The van der Waals surface area contributed by atoms with Crippen LogP contribution in [0.25, 0.3) is 0 Å². The van der Waals surface area contributed by atoms with Crippen LogP contribution in [0.1, 0.15) is 64.2 Å². The number of rotatable bonds is 5. The van der Waals surface area contributed by atoms with Crippen LogP contribution >= 0.6 is 0 Å². The number of nitrogens with zero attached hydrogens (tertiary/aromatic N) is 1. The third kappa shape index (κ3) is 2.30. The molecule has 2 heterocycles. The molecule has 1 aliphatic carbocycles. The lowest BCUT2D eigenvalue weighted by Crippen LogP contribution is -2.56. The SMILES string of the molecule is C=CCCCCC1CCCC12NC(=O)C1CCCCN12. The molecule has 1 amide bonds. The van der Waals surface area contributed by atoms with Gasteiger partial charge in [0, 0.05) is 6.54 Å². The summed E-state index contributed by atoms with van der Waals surface area (Å²) >= 11 is 0. The number of nitrogens with one attached hydrogen (secondary N) is 1. The van der Waals surface area contributed by atoms with E-state index in [4.69, 9.17) is 0 Å². The first-order valence-electron chi connectivity index (χ1n) is 8.47. The zero-order valence-corrected chi connectivity index (χ0v) is 12.6. The third-order valence-electron chi connectivity index (χ3n) is 5.65. The minimum atomic E-state index is 0.0242. The van der Waals surface area contributed by atoms with Crippen molar-refractivity contribution >= 4 is 5.91 Å². The van der Waals surface area contributed by atoms with Gasteiger partial charge in [0.15, 0.2) is 0 Å². The number of carbonyl (C=O) groups is 1. The highest BCUT2D eigenvalue weighted by molar-refractivity contribution is 5.85. The molecule has 3 unspecified atom stereocenters. The molecule has 3 aliphatic rings. The first-order valence-corrected chi connectivity index (χ1v) is 8.47. The monoisotopic (exact) mass is 276 g/mol. The van der Waals surface area contributed by atoms with Gasteiger partial charge in [-0.05, 0) is 57.3 Å². The molecule has 2 aliphatic heterocycles. The van der Waals surface area contributed by atoms with Gasteiger partial charge in [-0.25, -0.2) is 0 Å².